The van der Waals surface area contributed by atoms with Gasteiger partial charge in [0.05, 0.1) is 0 Å². The van der Waals surface area contributed by atoms with Gasteiger partial charge in [0.15, 0.2) is 0 Å². The van der Waals surface area contributed by atoms with E-state index >= 15 is 0 Å². The fraction of sp³-hybridized carbons (Fsp3) is 0.625. The summed E-state index contributed by atoms with van der Waals surface area (Å²) in [6.45, 7) is 6.56. The third-order valence-electron chi connectivity index (χ3n) is 7.99. The fourth-order valence-electron chi connectivity index (χ4n) is 6.17. The number of hydrogen-bond acceptors (Lipinski definition) is 3. The Morgan fingerprint density at radius 1 is 1.04 bits per heavy atom. The molecule has 2 aliphatic carbocycles. The number of hydrogen-bond donors (Lipinski definition) is 0. The number of likely N-dealkylation sites (tertiary alicyclic amines) is 1. The van der Waals surface area contributed by atoms with E-state index in [-0.39, 0.29) is 11.4 Å². The highest BCUT2D eigenvalue weighted by Gasteiger charge is 2.44. The van der Waals surface area contributed by atoms with Crippen molar-refractivity contribution in [2.24, 2.45) is 17.8 Å². The lowest BCUT2D eigenvalue weighted by Gasteiger charge is -2.53. The predicted octanol–water partition coefficient (Wildman–Crippen LogP) is 3.12. The van der Waals surface area contributed by atoms with E-state index in [9.17, 15) is 4.79 Å². The van der Waals surface area contributed by atoms with Crippen molar-refractivity contribution in [1.29, 1.82) is 0 Å². The van der Waals surface area contributed by atoms with Crippen LogP contribution in [0, 0.1) is 17.8 Å². The van der Waals surface area contributed by atoms with E-state index in [1.165, 1.54) is 32.5 Å². The monoisotopic (exact) mass is 379 g/mol. The first-order valence-corrected chi connectivity index (χ1v) is 11.1. The first-order chi connectivity index (χ1) is 13.6. The van der Waals surface area contributed by atoms with Gasteiger partial charge >= 0.3 is 0 Å². The van der Waals surface area contributed by atoms with Crippen molar-refractivity contribution in [3.63, 3.8) is 0 Å². The third-order valence-corrected chi connectivity index (χ3v) is 7.99. The summed E-state index contributed by atoms with van der Waals surface area (Å²) in [5, 5.41) is 0. The average Bonchev–Trinajstić information content (AvgIpc) is 3.35. The number of amides is 1. The van der Waals surface area contributed by atoms with E-state index < -0.39 is 0 Å². The van der Waals surface area contributed by atoms with Crippen molar-refractivity contribution in [3.05, 3.63) is 48.0 Å². The Balaban J connectivity index is 1.21. The molecular weight excluding hydrogens is 346 g/mol. The second kappa shape index (κ2) is 7.31. The third kappa shape index (κ3) is 3.31. The van der Waals surface area contributed by atoms with Crippen molar-refractivity contribution < 1.29 is 4.79 Å². The van der Waals surface area contributed by atoms with Crippen LogP contribution >= 0.6 is 0 Å². The summed E-state index contributed by atoms with van der Waals surface area (Å²) < 4.78 is 0. The molecule has 4 nitrogen and oxygen atoms in total. The summed E-state index contributed by atoms with van der Waals surface area (Å²) in [5.74, 6) is 2.77. The molecule has 5 rings (SSSR count). The van der Waals surface area contributed by atoms with Crippen molar-refractivity contribution in [2.75, 3.05) is 46.3 Å². The average molecular weight is 380 g/mol. The summed E-state index contributed by atoms with van der Waals surface area (Å²) in [6, 6.07) is 9.75. The van der Waals surface area contributed by atoms with Gasteiger partial charge in [-0.1, -0.05) is 30.4 Å². The summed E-state index contributed by atoms with van der Waals surface area (Å²) in [5.41, 5.74) is 1.07. The number of piperidine rings is 1. The van der Waals surface area contributed by atoms with Gasteiger partial charge in [0.25, 0.3) is 5.91 Å². The molecule has 4 heteroatoms. The Hall–Kier alpha value is -1.65. The van der Waals surface area contributed by atoms with Crippen LogP contribution in [0.25, 0.3) is 0 Å². The zero-order chi connectivity index (χ0) is 19.1. The van der Waals surface area contributed by atoms with E-state index in [4.69, 9.17) is 0 Å². The zero-order valence-corrected chi connectivity index (χ0v) is 17.1. The molecule has 2 aliphatic heterocycles. The summed E-state index contributed by atoms with van der Waals surface area (Å²) in [6.07, 6.45) is 9.93. The molecule has 1 saturated carbocycles. The van der Waals surface area contributed by atoms with Gasteiger partial charge in [0, 0.05) is 50.4 Å². The van der Waals surface area contributed by atoms with Gasteiger partial charge in [-0.05, 0) is 62.6 Å². The summed E-state index contributed by atoms with van der Waals surface area (Å²) in [7, 11) is 2.30. The molecule has 0 unspecified atom stereocenters. The Morgan fingerprint density at radius 2 is 1.82 bits per heavy atom. The molecular formula is C24H33N3O. The number of allylic oxidation sites excluding steroid dienone is 2. The number of likely N-dealkylation sites (N-methyl/N-ethyl adjacent to an activating group) is 1. The molecule has 1 aromatic carbocycles. The topological polar surface area (TPSA) is 26.8 Å². The SMILES string of the molecule is CN1CCN(C[C@@H]2C[C@H]3C=C[C@@H]2C3)CC12CCN(C(=O)c1ccccc1)CC2. The van der Waals surface area contributed by atoms with E-state index in [1.807, 2.05) is 30.3 Å². The Kier molecular flexibility index (Phi) is 4.80. The maximum Gasteiger partial charge on any atom is 0.253 e. The zero-order valence-electron chi connectivity index (χ0n) is 17.1. The van der Waals surface area contributed by atoms with Crippen LogP contribution < -0.4 is 0 Å². The van der Waals surface area contributed by atoms with Gasteiger partial charge in [0.2, 0.25) is 0 Å². The largest absolute Gasteiger partial charge is 0.339 e. The van der Waals surface area contributed by atoms with Gasteiger partial charge in [-0.2, -0.15) is 0 Å². The number of carbonyl (C=O) groups is 1. The first-order valence-electron chi connectivity index (χ1n) is 11.1. The highest BCUT2D eigenvalue weighted by atomic mass is 16.2. The molecule has 28 heavy (non-hydrogen) atoms. The van der Waals surface area contributed by atoms with Gasteiger partial charge in [-0.25, -0.2) is 0 Å². The standard InChI is InChI=1S/C24H33N3O/c1-25-13-14-26(17-22-16-19-7-8-21(22)15-19)18-24(25)9-11-27(12-10-24)23(28)20-5-3-2-4-6-20/h2-8,19,21-22H,9-18H2,1H3/t19-,21+,22-/m0/s1. The molecule has 3 atom stereocenters. The molecule has 0 aromatic heterocycles. The Bertz CT molecular complexity index is 737. The first kappa shape index (κ1) is 18.4. The number of rotatable bonds is 3. The van der Waals surface area contributed by atoms with Gasteiger partial charge in [0.1, 0.15) is 0 Å². The fourth-order valence-corrected chi connectivity index (χ4v) is 6.17. The smallest absolute Gasteiger partial charge is 0.253 e. The van der Waals surface area contributed by atoms with Crippen LogP contribution in [-0.4, -0.2) is 72.5 Å². The normalized spacial score (nSPS) is 32.3. The molecule has 0 radical (unpaired) electrons. The number of benzene rings is 1. The van der Waals surface area contributed by atoms with Crippen LogP contribution in [-0.2, 0) is 0 Å². The molecule has 2 bridgehead atoms. The van der Waals surface area contributed by atoms with Crippen LogP contribution in [0.3, 0.4) is 0 Å². The molecule has 4 aliphatic rings. The molecule has 1 amide bonds. The summed E-state index contributed by atoms with van der Waals surface area (Å²) >= 11 is 0. The number of nitrogens with zero attached hydrogens (tertiary/aromatic N) is 3. The van der Waals surface area contributed by atoms with Gasteiger partial charge in [-0.15, -0.1) is 0 Å². The van der Waals surface area contributed by atoms with Gasteiger partial charge < -0.3 is 4.90 Å². The molecule has 2 heterocycles. The predicted molar refractivity (Wildman–Crippen MR) is 112 cm³/mol. The van der Waals surface area contributed by atoms with E-state index in [1.54, 1.807) is 0 Å². The Labute approximate surface area is 169 Å². The molecule has 1 spiro atoms. The summed E-state index contributed by atoms with van der Waals surface area (Å²) in [4.78, 5) is 20.2. The lowest BCUT2D eigenvalue weighted by atomic mass is 9.82. The van der Waals surface area contributed by atoms with Crippen LogP contribution in [0.15, 0.2) is 42.5 Å². The van der Waals surface area contributed by atoms with Crippen LogP contribution in [0.5, 0.6) is 0 Å². The van der Waals surface area contributed by atoms with Crippen LogP contribution in [0.2, 0.25) is 0 Å². The number of carbonyl (C=O) groups excluding carboxylic acids is 1. The van der Waals surface area contributed by atoms with Crippen molar-refractivity contribution in [2.45, 2.75) is 31.2 Å². The number of piperazine rings is 1. The molecule has 1 aromatic rings. The van der Waals surface area contributed by atoms with Crippen molar-refractivity contribution >= 4 is 5.91 Å². The molecule has 0 N–H and O–H groups in total. The highest BCUT2D eigenvalue weighted by molar-refractivity contribution is 5.94. The molecule has 3 fully saturated rings. The highest BCUT2D eigenvalue weighted by Crippen LogP contribution is 2.44. The lowest BCUT2D eigenvalue weighted by Crippen LogP contribution is -2.65. The van der Waals surface area contributed by atoms with E-state index in [2.05, 4.69) is 33.9 Å². The van der Waals surface area contributed by atoms with Crippen LogP contribution in [0.4, 0.5) is 0 Å². The minimum Gasteiger partial charge on any atom is -0.339 e. The second-order valence-corrected chi connectivity index (χ2v) is 9.58. The quantitative estimate of drug-likeness (QED) is 0.755. The van der Waals surface area contributed by atoms with E-state index in [0.717, 1.165) is 55.8 Å². The molecule has 150 valence electrons. The maximum atomic E-state index is 12.8. The minimum absolute atomic E-state index is 0.194. The number of fused-ring (bicyclic) bond motifs is 2. The van der Waals surface area contributed by atoms with Crippen molar-refractivity contribution in [3.8, 4) is 0 Å². The van der Waals surface area contributed by atoms with Gasteiger partial charge in [-0.3, -0.25) is 14.6 Å². The Morgan fingerprint density at radius 3 is 2.50 bits per heavy atom. The molecule has 2 saturated heterocycles. The maximum absolute atomic E-state index is 12.8. The second-order valence-electron chi connectivity index (χ2n) is 9.58. The van der Waals surface area contributed by atoms with E-state index in [0.29, 0.717) is 0 Å². The lowest BCUT2D eigenvalue weighted by molar-refractivity contribution is -0.0286. The minimum atomic E-state index is 0.194. The van der Waals surface area contributed by atoms with Crippen molar-refractivity contribution in [1.82, 2.24) is 14.7 Å². The van der Waals surface area contributed by atoms with Crippen LogP contribution in [0.1, 0.15) is 36.0 Å².